The van der Waals surface area contributed by atoms with Gasteiger partial charge in [-0.2, -0.15) is 0 Å². The van der Waals surface area contributed by atoms with Crippen molar-refractivity contribution in [3.05, 3.63) is 35.5 Å². The van der Waals surface area contributed by atoms with Crippen LogP contribution < -0.4 is 0 Å². The second-order valence-corrected chi connectivity index (χ2v) is 3.20. The number of hydrogen-bond donors (Lipinski definition) is 0. The highest BCUT2D eigenvalue weighted by Crippen LogP contribution is 2.43. The fraction of sp³-hybridized carbons (Fsp3) is 0.400. The number of fused-ring (bicyclic) bond motifs is 1. The molecule has 52 valence electrons. The van der Waals surface area contributed by atoms with Crippen LogP contribution in [0.1, 0.15) is 13.8 Å². The zero-order valence-corrected chi connectivity index (χ0v) is 6.46. The second-order valence-electron chi connectivity index (χ2n) is 3.20. The summed E-state index contributed by atoms with van der Waals surface area (Å²) in [6.07, 6.45) is 8.81. The van der Waals surface area contributed by atoms with E-state index in [1.165, 1.54) is 0 Å². The van der Waals surface area contributed by atoms with Gasteiger partial charge in [-0.25, -0.2) is 0 Å². The molecule has 2 aliphatic rings. The molecule has 0 nitrogen and oxygen atoms in total. The Kier molecular flexibility index (Phi) is 1.10. The van der Waals surface area contributed by atoms with E-state index in [0.29, 0.717) is 0 Å². The van der Waals surface area contributed by atoms with Gasteiger partial charge in [-0.05, 0) is 18.4 Å². The Bertz CT molecular complexity index is 241. The molecule has 10 heavy (non-hydrogen) atoms. The first-order chi connectivity index (χ1) is 4.80. The summed E-state index contributed by atoms with van der Waals surface area (Å²) in [4.78, 5) is 0. The molecular formula is C10H12. The summed E-state index contributed by atoms with van der Waals surface area (Å²) in [5.41, 5.74) is 3.13. The fourth-order valence-corrected chi connectivity index (χ4v) is 1.82. The lowest BCUT2D eigenvalue weighted by atomic mass is 9.68. The number of rotatable bonds is 0. The van der Waals surface area contributed by atoms with E-state index in [-0.39, 0.29) is 0 Å². The second kappa shape index (κ2) is 1.85. The molecule has 0 N–H and O–H groups in total. The molecule has 0 aromatic rings. The summed E-state index contributed by atoms with van der Waals surface area (Å²) >= 11 is 0. The van der Waals surface area contributed by atoms with Gasteiger partial charge in [0.2, 0.25) is 0 Å². The predicted molar refractivity (Wildman–Crippen MR) is 43.6 cm³/mol. The Balaban J connectivity index is 2.40. The van der Waals surface area contributed by atoms with Crippen LogP contribution in [0.25, 0.3) is 0 Å². The first-order valence-corrected chi connectivity index (χ1v) is 3.86. The van der Waals surface area contributed by atoms with Gasteiger partial charge >= 0.3 is 0 Å². The Morgan fingerprint density at radius 1 is 1.30 bits per heavy atom. The Morgan fingerprint density at radius 2 is 2.10 bits per heavy atom. The Morgan fingerprint density at radius 3 is 2.80 bits per heavy atom. The molecule has 2 unspecified atom stereocenters. The summed E-state index contributed by atoms with van der Waals surface area (Å²) in [7, 11) is 0. The Labute approximate surface area is 61.9 Å². The zero-order chi connectivity index (χ0) is 7.14. The molecule has 0 spiro atoms. The van der Waals surface area contributed by atoms with Gasteiger partial charge in [0.1, 0.15) is 0 Å². The highest BCUT2D eigenvalue weighted by Gasteiger charge is 2.31. The summed E-state index contributed by atoms with van der Waals surface area (Å²) in [5.74, 6) is 1.53. The van der Waals surface area contributed by atoms with E-state index in [0.717, 1.165) is 11.8 Å². The fourth-order valence-electron chi connectivity index (χ4n) is 1.82. The van der Waals surface area contributed by atoms with Gasteiger partial charge < -0.3 is 0 Å². The maximum Gasteiger partial charge on any atom is 0.00836 e. The van der Waals surface area contributed by atoms with Crippen LogP contribution in [-0.2, 0) is 0 Å². The van der Waals surface area contributed by atoms with E-state index >= 15 is 0 Å². The molecule has 0 aromatic heterocycles. The maximum atomic E-state index is 2.30. The maximum absolute atomic E-state index is 2.30. The third-order valence-corrected chi connectivity index (χ3v) is 2.74. The standard InChI is InChI=1S/C10H12/c1-7-8(2)10-6-4-3-5-9(7)10/h3-7,9H,1-2H3. The van der Waals surface area contributed by atoms with E-state index < -0.39 is 0 Å². The van der Waals surface area contributed by atoms with Crippen molar-refractivity contribution in [2.75, 3.05) is 0 Å². The van der Waals surface area contributed by atoms with Crippen LogP contribution in [0.5, 0.6) is 0 Å². The van der Waals surface area contributed by atoms with Gasteiger partial charge in [0, 0.05) is 5.92 Å². The molecule has 0 bridgehead atoms. The van der Waals surface area contributed by atoms with Crippen molar-refractivity contribution in [2.45, 2.75) is 13.8 Å². The first-order valence-electron chi connectivity index (χ1n) is 3.86. The van der Waals surface area contributed by atoms with Crippen LogP contribution in [0, 0.1) is 11.8 Å². The number of allylic oxidation sites excluding steroid dienone is 6. The summed E-state index contributed by atoms with van der Waals surface area (Å²) in [6, 6.07) is 0. The molecular weight excluding hydrogens is 120 g/mol. The van der Waals surface area contributed by atoms with Crippen molar-refractivity contribution in [3.8, 4) is 0 Å². The van der Waals surface area contributed by atoms with Crippen LogP contribution in [0.3, 0.4) is 0 Å². The van der Waals surface area contributed by atoms with Gasteiger partial charge in [0.15, 0.2) is 0 Å². The van der Waals surface area contributed by atoms with Crippen LogP contribution in [-0.4, -0.2) is 0 Å². The molecule has 0 aliphatic heterocycles. The van der Waals surface area contributed by atoms with Gasteiger partial charge in [0.25, 0.3) is 0 Å². The van der Waals surface area contributed by atoms with Crippen molar-refractivity contribution in [1.82, 2.24) is 0 Å². The quantitative estimate of drug-likeness (QED) is 0.475. The summed E-state index contributed by atoms with van der Waals surface area (Å²) in [5, 5.41) is 0. The molecule has 0 heteroatoms. The minimum absolute atomic E-state index is 0.741. The predicted octanol–water partition coefficient (Wildman–Crippen LogP) is 2.69. The van der Waals surface area contributed by atoms with Gasteiger partial charge in [-0.1, -0.05) is 36.8 Å². The third-order valence-electron chi connectivity index (χ3n) is 2.74. The summed E-state index contributed by atoms with van der Waals surface area (Å²) in [6.45, 7) is 4.53. The highest BCUT2D eigenvalue weighted by atomic mass is 14.4. The smallest absolute Gasteiger partial charge is 0.00836 e. The van der Waals surface area contributed by atoms with Gasteiger partial charge in [0.05, 0.1) is 0 Å². The SMILES string of the molecule is CC1=C2C=CC=CC2C1C. The van der Waals surface area contributed by atoms with Gasteiger partial charge in [-0.15, -0.1) is 0 Å². The number of hydrogen-bond acceptors (Lipinski definition) is 0. The molecule has 0 heterocycles. The van der Waals surface area contributed by atoms with Crippen LogP contribution in [0.15, 0.2) is 35.5 Å². The largest absolute Gasteiger partial charge is 0.0764 e. The van der Waals surface area contributed by atoms with E-state index in [9.17, 15) is 0 Å². The molecule has 0 saturated carbocycles. The topological polar surface area (TPSA) is 0 Å². The van der Waals surface area contributed by atoms with Crippen molar-refractivity contribution >= 4 is 0 Å². The molecule has 2 rings (SSSR count). The van der Waals surface area contributed by atoms with Crippen LogP contribution in [0.2, 0.25) is 0 Å². The molecule has 0 fully saturated rings. The molecule has 0 amide bonds. The average molecular weight is 132 g/mol. The minimum atomic E-state index is 0.741. The third kappa shape index (κ3) is 0.566. The van der Waals surface area contributed by atoms with Crippen LogP contribution in [0.4, 0.5) is 0 Å². The molecule has 0 aromatic carbocycles. The summed E-state index contributed by atoms with van der Waals surface area (Å²) < 4.78 is 0. The lowest BCUT2D eigenvalue weighted by Crippen LogP contribution is -2.25. The monoisotopic (exact) mass is 132 g/mol. The molecule has 0 saturated heterocycles. The lowest BCUT2D eigenvalue weighted by Gasteiger charge is -2.36. The molecule has 2 aliphatic carbocycles. The van der Waals surface area contributed by atoms with Gasteiger partial charge in [-0.3, -0.25) is 0 Å². The van der Waals surface area contributed by atoms with E-state index in [1.54, 1.807) is 11.1 Å². The van der Waals surface area contributed by atoms with Crippen molar-refractivity contribution < 1.29 is 0 Å². The first kappa shape index (κ1) is 5.96. The van der Waals surface area contributed by atoms with Crippen molar-refractivity contribution in [3.63, 3.8) is 0 Å². The lowest BCUT2D eigenvalue weighted by molar-refractivity contribution is 0.480. The normalized spacial score (nSPS) is 35.8. The van der Waals surface area contributed by atoms with Crippen LogP contribution >= 0.6 is 0 Å². The van der Waals surface area contributed by atoms with Crippen molar-refractivity contribution in [2.24, 2.45) is 11.8 Å². The van der Waals surface area contributed by atoms with E-state index in [2.05, 4.69) is 38.2 Å². The molecule has 2 atom stereocenters. The van der Waals surface area contributed by atoms with Crippen molar-refractivity contribution in [1.29, 1.82) is 0 Å². The molecule has 0 radical (unpaired) electrons. The highest BCUT2D eigenvalue weighted by molar-refractivity contribution is 5.45. The average Bonchev–Trinajstić information content (AvgIpc) is 2.03. The Hall–Kier alpha value is -0.780. The zero-order valence-electron chi connectivity index (χ0n) is 6.46. The van der Waals surface area contributed by atoms with E-state index in [4.69, 9.17) is 0 Å². The minimum Gasteiger partial charge on any atom is -0.0764 e. The van der Waals surface area contributed by atoms with E-state index in [1.807, 2.05) is 0 Å².